The number of halogens is 1. The van der Waals surface area contributed by atoms with Crippen LogP contribution in [0.25, 0.3) is 0 Å². The van der Waals surface area contributed by atoms with Crippen molar-refractivity contribution >= 4 is 17.6 Å². The smallest absolute Gasteiger partial charge is 0.307 e. The minimum atomic E-state index is -0.854. The van der Waals surface area contributed by atoms with E-state index in [2.05, 4.69) is 6.07 Å². The molecule has 1 N–H and O–H groups in total. The van der Waals surface area contributed by atoms with E-state index in [1.807, 2.05) is 0 Å². The molecular formula is C8H6ClO2. The first kappa shape index (κ1) is 8.08. The van der Waals surface area contributed by atoms with Crippen LogP contribution >= 0.6 is 11.6 Å². The molecule has 0 heterocycles. The van der Waals surface area contributed by atoms with E-state index < -0.39 is 5.97 Å². The van der Waals surface area contributed by atoms with Gasteiger partial charge in [0, 0.05) is 11.1 Å². The van der Waals surface area contributed by atoms with Gasteiger partial charge in [-0.15, -0.1) is 0 Å². The van der Waals surface area contributed by atoms with E-state index in [0.717, 1.165) is 0 Å². The number of aliphatic carboxylic acids is 1. The third kappa shape index (κ3) is 2.60. The second kappa shape index (κ2) is 3.39. The molecular weight excluding hydrogens is 164 g/mol. The van der Waals surface area contributed by atoms with Crippen molar-refractivity contribution in [3.8, 4) is 0 Å². The average molecular weight is 170 g/mol. The number of hydrogen-bond acceptors (Lipinski definition) is 1. The predicted molar refractivity (Wildman–Crippen MR) is 41.6 cm³/mol. The van der Waals surface area contributed by atoms with E-state index in [1.54, 1.807) is 18.2 Å². The van der Waals surface area contributed by atoms with Crippen molar-refractivity contribution in [2.24, 2.45) is 0 Å². The summed E-state index contributed by atoms with van der Waals surface area (Å²) in [6.07, 6.45) is 0.00833. The van der Waals surface area contributed by atoms with Gasteiger partial charge in [0.25, 0.3) is 0 Å². The van der Waals surface area contributed by atoms with Gasteiger partial charge in [0.05, 0.1) is 6.42 Å². The number of carbonyl (C=O) groups is 1. The summed E-state index contributed by atoms with van der Waals surface area (Å²) in [4.78, 5) is 10.2. The first-order valence-electron chi connectivity index (χ1n) is 3.06. The zero-order chi connectivity index (χ0) is 8.27. The fraction of sp³-hybridized carbons (Fsp3) is 0.125. The number of hydrogen-bond donors (Lipinski definition) is 1. The van der Waals surface area contributed by atoms with Gasteiger partial charge in [-0.25, -0.2) is 0 Å². The zero-order valence-corrected chi connectivity index (χ0v) is 6.43. The first-order valence-corrected chi connectivity index (χ1v) is 3.44. The third-order valence-corrected chi connectivity index (χ3v) is 1.40. The maximum atomic E-state index is 10.2. The Labute approximate surface area is 69.4 Å². The molecule has 0 amide bonds. The summed E-state index contributed by atoms with van der Waals surface area (Å²) >= 11 is 5.58. The molecule has 2 nitrogen and oxygen atoms in total. The van der Waals surface area contributed by atoms with Crippen molar-refractivity contribution in [2.45, 2.75) is 6.42 Å². The van der Waals surface area contributed by atoms with Crippen molar-refractivity contribution in [1.29, 1.82) is 0 Å². The summed E-state index contributed by atoms with van der Waals surface area (Å²) in [5, 5.41) is 8.85. The minimum Gasteiger partial charge on any atom is -0.481 e. The van der Waals surface area contributed by atoms with Crippen LogP contribution in [0.5, 0.6) is 0 Å². The molecule has 1 radical (unpaired) electrons. The van der Waals surface area contributed by atoms with Crippen LogP contribution in [-0.2, 0) is 11.2 Å². The lowest BCUT2D eigenvalue weighted by Crippen LogP contribution is -1.99. The lowest BCUT2D eigenvalue weighted by atomic mass is 10.2. The molecule has 0 bridgehead atoms. The molecule has 0 aromatic heterocycles. The van der Waals surface area contributed by atoms with Crippen molar-refractivity contribution in [3.63, 3.8) is 0 Å². The second-order valence-electron chi connectivity index (χ2n) is 2.12. The van der Waals surface area contributed by atoms with Crippen LogP contribution in [-0.4, -0.2) is 11.1 Å². The molecule has 0 aliphatic carbocycles. The molecule has 1 aromatic carbocycles. The summed E-state index contributed by atoms with van der Waals surface area (Å²) in [7, 11) is 0. The Hall–Kier alpha value is -1.02. The van der Waals surface area contributed by atoms with Gasteiger partial charge in [-0.1, -0.05) is 23.7 Å². The Bertz CT molecular complexity index is 271. The van der Waals surface area contributed by atoms with Gasteiger partial charge in [-0.3, -0.25) is 4.79 Å². The summed E-state index contributed by atoms with van der Waals surface area (Å²) in [5.41, 5.74) is 0.696. The van der Waals surface area contributed by atoms with Gasteiger partial charge < -0.3 is 5.11 Å². The summed E-state index contributed by atoms with van der Waals surface area (Å²) in [6, 6.07) is 7.60. The van der Waals surface area contributed by atoms with Gasteiger partial charge in [-0.05, 0) is 11.6 Å². The van der Waals surface area contributed by atoms with Crippen LogP contribution in [0.1, 0.15) is 5.56 Å². The van der Waals surface area contributed by atoms with Gasteiger partial charge in [0.1, 0.15) is 0 Å². The molecule has 0 saturated carbocycles. The number of rotatable bonds is 2. The van der Waals surface area contributed by atoms with E-state index >= 15 is 0 Å². The maximum absolute atomic E-state index is 10.2. The van der Waals surface area contributed by atoms with Crippen LogP contribution < -0.4 is 0 Å². The molecule has 3 heteroatoms. The van der Waals surface area contributed by atoms with Gasteiger partial charge >= 0.3 is 5.97 Å². The second-order valence-corrected chi connectivity index (χ2v) is 2.52. The van der Waals surface area contributed by atoms with E-state index in [-0.39, 0.29) is 6.42 Å². The summed E-state index contributed by atoms with van der Waals surface area (Å²) < 4.78 is 0. The maximum Gasteiger partial charge on any atom is 0.307 e. The molecule has 0 fully saturated rings. The summed E-state index contributed by atoms with van der Waals surface area (Å²) in [5.74, 6) is -0.854. The molecule has 1 aromatic rings. The lowest BCUT2D eigenvalue weighted by molar-refractivity contribution is -0.136. The molecule has 0 spiro atoms. The third-order valence-electron chi connectivity index (χ3n) is 1.19. The zero-order valence-electron chi connectivity index (χ0n) is 5.67. The van der Waals surface area contributed by atoms with Gasteiger partial charge in [0.15, 0.2) is 0 Å². The molecule has 0 aliphatic rings. The van der Waals surface area contributed by atoms with Crippen LogP contribution in [0.2, 0.25) is 5.02 Å². The average Bonchev–Trinajstić information content (AvgIpc) is 1.85. The van der Waals surface area contributed by atoms with E-state index in [9.17, 15) is 4.79 Å². The fourth-order valence-electron chi connectivity index (χ4n) is 0.765. The number of carboxylic acid groups (broad SMARTS) is 1. The van der Waals surface area contributed by atoms with Crippen molar-refractivity contribution in [3.05, 3.63) is 34.9 Å². The molecule has 1 rings (SSSR count). The van der Waals surface area contributed by atoms with Gasteiger partial charge in [0.2, 0.25) is 0 Å². The van der Waals surface area contributed by atoms with E-state index in [1.165, 1.54) is 0 Å². The Kier molecular flexibility index (Phi) is 2.49. The van der Waals surface area contributed by atoms with Gasteiger partial charge in [-0.2, -0.15) is 0 Å². The standard InChI is InChI=1S/C8H6ClO2/c9-7-3-1-2-6(4-7)5-8(10)11/h1-2,4H,5H2,(H,10,11). The van der Waals surface area contributed by atoms with E-state index in [0.29, 0.717) is 10.6 Å². The Morgan fingerprint density at radius 1 is 1.73 bits per heavy atom. The Balaban J connectivity index is 2.79. The highest BCUT2D eigenvalue weighted by atomic mass is 35.5. The van der Waals surface area contributed by atoms with Crippen molar-refractivity contribution in [2.75, 3.05) is 0 Å². The number of benzene rings is 1. The Morgan fingerprint density at radius 3 is 3.00 bits per heavy atom. The van der Waals surface area contributed by atoms with Crippen LogP contribution in [0, 0.1) is 6.07 Å². The molecule has 57 valence electrons. The molecule has 0 aliphatic heterocycles. The minimum absolute atomic E-state index is 0.00833. The quantitative estimate of drug-likeness (QED) is 0.733. The molecule has 0 atom stereocenters. The van der Waals surface area contributed by atoms with Crippen LogP contribution in [0.15, 0.2) is 18.2 Å². The first-order chi connectivity index (χ1) is 5.18. The molecule has 0 saturated heterocycles. The van der Waals surface area contributed by atoms with Crippen molar-refractivity contribution in [1.82, 2.24) is 0 Å². The fourth-order valence-corrected chi connectivity index (χ4v) is 0.969. The number of carboxylic acids is 1. The largest absolute Gasteiger partial charge is 0.481 e. The molecule has 0 unspecified atom stereocenters. The normalized spacial score (nSPS) is 9.55. The van der Waals surface area contributed by atoms with E-state index in [4.69, 9.17) is 16.7 Å². The van der Waals surface area contributed by atoms with Crippen LogP contribution in [0.3, 0.4) is 0 Å². The lowest BCUT2D eigenvalue weighted by Gasteiger charge is -1.95. The highest BCUT2D eigenvalue weighted by Crippen LogP contribution is 2.09. The van der Waals surface area contributed by atoms with Crippen LogP contribution in [0.4, 0.5) is 0 Å². The predicted octanol–water partition coefficient (Wildman–Crippen LogP) is 1.77. The SMILES string of the molecule is O=C(O)Cc1cc[c]c(Cl)c1. The highest BCUT2D eigenvalue weighted by Gasteiger charge is 1.99. The summed E-state index contributed by atoms with van der Waals surface area (Å²) in [6.45, 7) is 0. The monoisotopic (exact) mass is 169 g/mol. The Morgan fingerprint density at radius 2 is 2.45 bits per heavy atom. The van der Waals surface area contributed by atoms with Crippen molar-refractivity contribution < 1.29 is 9.90 Å². The highest BCUT2D eigenvalue weighted by molar-refractivity contribution is 6.30. The topological polar surface area (TPSA) is 37.3 Å². The molecule has 11 heavy (non-hydrogen) atoms.